The van der Waals surface area contributed by atoms with Crippen LogP contribution in [0.3, 0.4) is 0 Å². The quantitative estimate of drug-likeness (QED) is 0.392. The maximum atomic E-state index is 12.6. The van der Waals surface area contributed by atoms with Crippen molar-refractivity contribution in [3.63, 3.8) is 0 Å². The van der Waals surface area contributed by atoms with Gasteiger partial charge in [0.05, 0.1) is 23.0 Å². The van der Waals surface area contributed by atoms with Gasteiger partial charge in [-0.2, -0.15) is 0 Å². The number of aromatic nitrogens is 2. The molecule has 5 nitrogen and oxygen atoms in total. The highest BCUT2D eigenvalue weighted by molar-refractivity contribution is 9.24. The van der Waals surface area contributed by atoms with Crippen LogP contribution in [0.1, 0.15) is 39.6 Å². The molecule has 2 heterocycles. The normalized spacial score (nSPS) is 14.1. The van der Waals surface area contributed by atoms with E-state index in [-0.39, 0.29) is 13.3 Å². The first-order valence-corrected chi connectivity index (χ1v) is 9.99. The third-order valence-electron chi connectivity index (χ3n) is 3.23. The molecule has 0 aliphatic carbocycles. The molecule has 0 N–H and O–H groups in total. The highest BCUT2D eigenvalue weighted by atomic mass is 79.9. The van der Waals surface area contributed by atoms with Crippen LogP contribution in [0.4, 0.5) is 5.82 Å². The number of hydrogen-bond acceptors (Lipinski definition) is 4. The zero-order valence-electron chi connectivity index (χ0n) is 11.2. The molecule has 0 bridgehead atoms. The van der Waals surface area contributed by atoms with Crippen LogP contribution in [0.15, 0.2) is 30.5 Å². The van der Waals surface area contributed by atoms with E-state index >= 15 is 0 Å². The number of alkyl halides is 4. The van der Waals surface area contributed by atoms with E-state index in [0.29, 0.717) is 22.5 Å². The van der Waals surface area contributed by atoms with Crippen molar-refractivity contribution in [2.24, 2.45) is 0 Å². The van der Waals surface area contributed by atoms with Crippen LogP contribution in [-0.2, 0) is 0 Å². The summed E-state index contributed by atoms with van der Waals surface area (Å²) in [4.78, 5) is 35.0. The van der Waals surface area contributed by atoms with Gasteiger partial charge in [-0.15, -0.1) is 0 Å². The van der Waals surface area contributed by atoms with Crippen LogP contribution in [0.5, 0.6) is 0 Å². The van der Waals surface area contributed by atoms with E-state index < -0.39 is 11.8 Å². The Bertz CT molecular complexity index is 775. The monoisotopic (exact) mass is 565 g/mol. The first kappa shape index (κ1) is 17.2. The molecule has 1 aliphatic heterocycles. The Morgan fingerprint density at radius 2 is 1.48 bits per heavy atom. The summed E-state index contributed by atoms with van der Waals surface area (Å²) in [7, 11) is 0. The zero-order valence-corrected chi connectivity index (χ0v) is 17.6. The predicted octanol–water partition coefficient (Wildman–Crippen LogP) is 4.85. The van der Waals surface area contributed by atoms with Crippen LogP contribution < -0.4 is 4.90 Å². The molecule has 0 atom stereocenters. The Kier molecular flexibility index (Phi) is 5.01. The van der Waals surface area contributed by atoms with Crippen molar-refractivity contribution in [3.8, 4) is 0 Å². The second-order valence-corrected chi connectivity index (χ2v) is 10.7. The van der Waals surface area contributed by atoms with Crippen molar-refractivity contribution in [3.05, 3.63) is 53.0 Å². The van der Waals surface area contributed by atoms with Crippen molar-refractivity contribution in [2.75, 3.05) is 4.90 Å². The largest absolute Gasteiger partial charge is 0.268 e. The highest BCUT2D eigenvalue weighted by Gasteiger charge is 2.39. The second-order valence-electron chi connectivity index (χ2n) is 4.60. The van der Waals surface area contributed by atoms with E-state index in [1.807, 2.05) is 0 Å². The van der Waals surface area contributed by atoms with Crippen molar-refractivity contribution in [1.82, 2.24) is 9.97 Å². The van der Waals surface area contributed by atoms with Crippen LogP contribution in [0.2, 0.25) is 0 Å². The summed E-state index contributed by atoms with van der Waals surface area (Å²) in [6.07, 6.45) is 1.51. The third-order valence-corrected chi connectivity index (χ3v) is 5.04. The molecule has 1 aromatic carbocycles. The molecule has 3 rings (SSSR count). The van der Waals surface area contributed by atoms with E-state index in [1.165, 1.54) is 6.20 Å². The molecule has 2 aromatic rings. The summed E-state index contributed by atoms with van der Waals surface area (Å²) in [5.74, 6) is -0.591. The Balaban J connectivity index is 2.13. The lowest BCUT2D eigenvalue weighted by Crippen LogP contribution is -2.31. The SMILES string of the molecule is O=C1c2ccccc2C(=O)N1c1ncc(C(Br)Br)nc1C(Br)Br. The van der Waals surface area contributed by atoms with Crippen molar-refractivity contribution < 1.29 is 9.59 Å². The molecule has 0 saturated heterocycles. The number of fused-ring (bicyclic) bond motifs is 1. The van der Waals surface area contributed by atoms with Crippen molar-refractivity contribution in [2.45, 2.75) is 7.47 Å². The summed E-state index contributed by atoms with van der Waals surface area (Å²) in [6, 6.07) is 6.70. The Morgan fingerprint density at radius 3 is 1.96 bits per heavy atom. The maximum absolute atomic E-state index is 12.6. The summed E-state index contributed by atoms with van der Waals surface area (Å²) < 4.78 is -0.545. The topological polar surface area (TPSA) is 63.2 Å². The van der Waals surface area contributed by atoms with Crippen molar-refractivity contribution in [1.29, 1.82) is 0 Å². The van der Waals surface area contributed by atoms with Gasteiger partial charge in [0, 0.05) is 0 Å². The average Bonchev–Trinajstić information content (AvgIpc) is 2.78. The molecule has 2 amide bonds. The summed E-state index contributed by atoms with van der Waals surface area (Å²) in [5, 5.41) is 0. The lowest BCUT2D eigenvalue weighted by Gasteiger charge is -2.18. The van der Waals surface area contributed by atoms with Gasteiger partial charge < -0.3 is 0 Å². The molecular formula is C14H7Br4N3O2. The fourth-order valence-corrected chi connectivity index (χ4v) is 3.27. The number of imide groups is 1. The number of halogens is 4. The molecule has 9 heteroatoms. The molecule has 1 aliphatic rings. The molecule has 1 aromatic heterocycles. The number of amides is 2. The number of hydrogen-bond donors (Lipinski definition) is 0. The molecule has 0 fully saturated rings. The van der Waals surface area contributed by atoms with Gasteiger partial charge in [-0.05, 0) is 12.1 Å². The van der Waals surface area contributed by atoms with Gasteiger partial charge in [-0.3, -0.25) is 9.59 Å². The van der Waals surface area contributed by atoms with Gasteiger partial charge in [0.2, 0.25) is 0 Å². The molecule has 0 saturated carbocycles. The van der Waals surface area contributed by atoms with Gasteiger partial charge >= 0.3 is 0 Å². The number of rotatable bonds is 3. The van der Waals surface area contributed by atoms with Gasteiger partial charge in [-0.1, -0.05) is 75.9 Å². The first-order chi connectivity index (χ1) is 10.9. The number of carbonyl (C=O) groups excluding carboxylic acids is 2. The summed E-state index contributed by atoms with van der Waals surface area (Å²) in [6.45, 7) is 0. The van der Waals surface area contributed by atoms with Gasteiger partial charge in [0.25, 0.3) is 11.8 Å². The predicted molar refractivity (Wildman–Crippen MR) is 101 cm³/mol. The molecule has 118 valence electrons. The van der Waals surface area contributed by atoms with E-state index in [2.05, 4.69) is 73.7 Å². The second kappa shape index (κ2) is 6.70. The smallest absolute Gasteiger partial charge is 0.267 e. The maximum Gasteiger partial charge on any atom is 0.267 e. The standard InChI is InChI=1S/C14H7Br4N3O2/c15-10(16)8-5-19-12(9(20-8)11(17)18)21-13(22)6-3-1-2-4-7(6)14(21)23/h1-5,10-11H. The zero-order chi connectivity index (χ0) is 16.7. The van der Waals surface area contributed by atoms with Crippen LogP contribution in [0, 0.1) is 0 Å². The van der Waals surface area contributed by atoms with Gasteiger partial charge in [-0.25, -0.2) is 14.9 Å². The van der Waals surface area contributed by atoms with Gasteiger partial charge in [0.1, 0.15) is 13.2 Å². The third kappa shape index (κ3) is 3.04. The Morgan fingerprint density at radius 1 is 0.913 bits per heavy atom. The fourth-order valence-electron chi connectivity index (χ4n) is 2.22. The van der Waals surface area contributed by atoms with Crippen LogP contribution in [0.25, 0.3) is 0 Å². The van der Waals surface area contributed by atoms with E-state index in [9.17, 15) is 9.59 Å². The minimum atomic E-state index is -0.399. The van der Waals surface area contributed by atoms with Crippen molar-refractivity contribution >= 4 is 81.4 Å². The minimum Gasteiger partial charge on any atom is -0.268 e. The summed E-state index contributed by atoms with van der Waals surface area (Å²) in [5.41, 5.74) is 1.81. The number of carbonyl (C=O) groups is 2. The highest BCUT2D eigenvalue weighted by Crippen LogP contribution is 2.38. The number of nitrogens with zero attached hydrogens (tertiary/aromatic N) is 3. The summed E-state index contributed by atoms with van der Waals surface area (Å²) >= 11 is 13.5. The number of benzene rings is 1. The Hall–Kier alpha value is -0.640. The Labute approximate surface area is 165 Å². The molecule has 23 heavy (non-hydrogen) atoms. The lowest BCUT2D eigenvalue weighted by molar-refractivity contribution is 0.0924. The van der Waals surface area contributed by atoms with Gasteiger partial charge in [0.15, 0.2) is 5.82 Å². The minimum absolute atomic E-state index is 0.184. The van der Waals surface area contributed by atoms with Crippen LogP contribution in [-0.4, -0.2) is 21.8 Å². The van der Waals surface area contributed by atoms with E-state index in [1.54, 1.807) is 24.3 Å². The van der Waals surface area contributed by atoms with Crippen LogP contribution >= 0.6 is 63.7 Å². The number of anilines is 1. The molecular weight excluding hydrogens is 562 g/mol. The van der Waals surface area contributed by atoms with E-state index in [0.717, 1.165) is 4.90 Å². The average molecular weight is 569 g/mol. The van der Waals surface area contributed by atoms with E-state index in [4.69, 9.17) is 0 Å². The molecule has 0 spiro atoms. The fraction of sp³-hybridized carbons (Fsp3) is 0.143. The first-order valence-electron chi connectivity index (χ1n) is 6.32. The lowest BCUT2D eigenvalue weighted by atomic mass is 10.1. The molecule has 0 radical (unpaired) electrons. The molecule has 0 unspecified atom stereocenters.